The van der Waals surface area contributed by atoms with Crippen LogP contribution in [0.1, 0.15) is 26.7 Å². The lowest BCUT2D eigenvalue weighted by Crippen LogP contribution is -2.58. The first-order valence-corrected chi connectivity index (χ1v) is 6.00. The summed E-state index contributed by atoms with van der Waals surface area (Å²) in [7, 11) is 0. The molecule has 0 aliphatic carbocycles. The van der Waals surface area contributed by atoms with Gasteiger partial charge in [-0.1, -0.05) is 13.8 Å². The van der Waals surface area contributed by atoms with Gasteiger partial charge in [0.05, 0.1) is 0 Å². The monoisotopic (exact) mass is 329 g/mol. The Bertz CT molecular complexity index is 358. The molecule has 1 unspecified atom stereocenters. The Morgan fingerprint density at radius 3 is 1.95 bits per heavy atom. The van der Waals surface area contributed by atoms with E-state index >= 15 is 0 Å². The van der Waals surface area contributed by atoms with Crippen molar-refractivity contribution in [2.75, 3.05) is 6.54 Å². The second-order valence-electron chi connectivity index (χ2n) is 4.55. The third-order valence-electron chi connectivity index (χ3n) is 2.95. The average Bonchev–Trinajstić information content (AvgIpc) is 2.36. The van der Waals surface area contributed by atoms with Crippen LogP contribution in [0.4, 0.5) is 35.1 Å². The topological polar surface area (TPSA) is 29.1 Å². The molecule has 0 spiro atoms. The van der Waals surface area contributed by atoms with Crippen molar-refractivity contribution in [3.8, 4) is 0 Å². The third-order valence-corrected chi connectivity index (χ3v) is 2.95. The van der Waals surface area contributed by atoms with Crippen LogP contribution in [-0.2, 0) is 4.79 Å². The molecule has 0 aromatic carbocycles. The Morgan fingerprint density at radius 2 is 1.57 bits per heavy atom. The normalized spacial score (nSPS) is 15.2. The summed E-state index contributed by atoms with van der Waals surface area (Å²) in [5.74, 6) is -19.1. The number of alkyl halides is 8. The summed E-state index contributed by atoms with van der Waals surface area (Å²) >= 11 is 0. The molecule has 0 aliphatic rings. The molecule has 0 aromatic rings. The van der Waals surface area contributed by atoms with Crippen molar-refractivity contribution in [2.45, 2.75) is 50.9 Å². The molecule has 0 radical (unpaired) electrons. The van der Waals surface area contributed by atoms with Gasteiger partial charge in [-0.05, 0) is 6.42 Å². The van der Waals surface area contributed by atoms with Gasteiger partial charge in [0.15, 0.2) is 0 Å². The highest BCUT2D eigenvalue weighted by Crippen LogP contribution is 2.49. The fourth-order valence-corrected chi connectivity index (χ4v) is 1.24. The van der Waals surface area contributed by atoms with E-state index in [0.717, 1.165) is 0 Å². The van der Waals surface area contributed by atoms with E-state index in [4.69, 9.17) is 0 Å². The van der Waals surface area contributed by atoms with Gasteiger partial charge in [0.2, 0.25) is 5.91 Å². The summed E-state index contributed by atoms with van der Waals surface area (Å²) in [5, 5.41) is 1.86. The molecule has 0 fully saturated rings. The molecule has 1 N–H and O–H groups in total. The Hall–Kier alpha value is -1.09. The zero-order valence-electron chi connectivity index (χ0n) is 11.2. The molecule has 126 valence electrons. The van der Waals surface area contributed by atoms with Crippen LogP contribution >= 0.6 is 0 Å². The van der Waals surface area contributed by atoms with Gasteiger partial charge in [-0.3, -0.25) is 4.79 Å². The smallest absolute Gasteiger partial charge is 0.356 e. The van der Waals surface area contributed by atoms with E-state index in [2.05, 4.69) is 0 Å². The van der Waals surface area contributed by atoms with E-state index in [-0.39, 0.29) is 0 Å². The zero-order chi connectivity index (χ0) is 17.1. The van der Waals surface area contributed by atoms with Crippen molar-refractivity contribution in [2.24, 2.45) is 5.92 Å². The van der Waals surface area contributed by atoms with Crippen LogP contribution in [0.5, 0.6) is 0 Å². The van der Waals surface area contributed by atoms with Crippen molar-refractivity contribution < 1.29 is 39.9 Å². The Morgan fingerprint density at radius 1 is 1.10 bits per heavy atom. The van der Waals surface area contributed by atoms with Crippen molar-refractivity contribution in [3.05, 3.63) is 0 Å². The molecular weight excluding hydrogens is 314 g/mol. The Labute approximate surface area is 115 Å². The van der Waals surface area contributed by atoms with Gasteiger partial charge < -0.3 is 5.32 Å². The summed E-state index contributed by atoms with van der Waals surface area (Å²) in [6, 6.07) is 0. The molecule has 21 heavy (non-hydrogen) atoms. The van der Waals surface area contributed by atoms with E-state index in [1.165, 1.54) is 6.92 Å². The number of carbonyl (C=O) groups is 1. The number of carbonyl (C=O) groups excluding carboxylic acids is 1. The number of hydrogen-bond donors (Lipinski definition) is 1. The van der Waals surface area contributed by atoms with E-state index < -0.39 is 49.0 Å². The first-order valence-electron chi connectivity index (χ1n) is 6.00. The lowest BCUT2D eigenvalue weighted by molar-refractivity contribution is -0.339. The van der Waals surface area contributed by atoms with Gasteiger partial charge >= 0.3 is 24.2 Å². The molecule has 10 heteroatoms. The maximum absolute atomic E-state index is 13.1. The van der Waals surface area contributed by atoms with E-state index in [1.54, 1.807) is 6.92 Å². The number of nitrogens with one attached hydrogen (secondary N) is 1. The van der Waals surface area contributed by atoms with Crippen molar-refractivity contribution >= 4 is 5.91 Å². The van der Waals surface area contributed by atoms with Gasteiger partial charge in [-0.25, -0.2) is 8.78 Å². The van der Waals surface area contributed by atoms with Gasteiger partial charge in [0.25, 0.3) is 0 Å². The molecule has 2 nitrogen and oxygen atoms in total. The molecule has 0 aliphatic heterocycles. The maximum atomic E-state index is 13.1. The SMILES string of the molecule is CCC(C)C(=O)NCCC(F)(F)C(F)(F)C(F)(F)C(F)F. The minimum Gasteiger partial charge on any atom is -0.356 e. The largest absolute Gasteiger partial charge is 0.377 e. The van der Waals surface area contributed by atoms with Crippen LogP contribution < -0.4 is 5.32 Å². The third kappa shape index (κ3) is 4.19. The van der Waals surface area contributed by atoms with E-state index in [0.29, 0.717) is 6.42 Å². The summed E-state index contributed by atoms with van der Waals surface area (Å²) in [6.07, 6.45) is -6.47. The Balaban J connectivity index is 4.79. The molecule has 1 atom stereocenters. The quantitative estimate of drug-likeness (QED) is 0.676. The van der Waals surface area contributed by atoms with Crippen LogP contribution in [0.3, 0.4) is 0 Å². The zero-order valence-corrected chi connectivity index (χ0v) is 11.2. The van der Waals surface area contributed by atoms with Crippen molar-refractivity contribution in [1.82, 2.24) is 5.32 Å². The predicted octanol–water partition coefficient (Wildman–Crippen LogP) is 3.71. The first kappa shape index (κ1) is 19.9. The van der Waals surface area contributed by atoms with Crippen molar-refractivity contribution in [1.29, 1.82) is 0 Å². The lowest BCUT2D eigenvalue weighted by atomic mass is 10.0. The number of amides is 1. The minimum absolute atomic E-state index is 0.349. The molecular formula is C11H15F8NO. The van der Waals surface area contributed by atoms with Gasteiger partial charge in [0, 0.05) is 18.9 Å². The van der Waals surface area contributed by atoms with Crippen LogP contribution in [0.2, 0.25) is 0 Å². The maximum Gasteiger partial charge on any atom is 0.377 e. The standard InChI is InChI=1S/C11H15F8NO/c1-3-6(2)7(21)20-5-4-9(14,15)11(18,19)10(16,17)8(12)13/h6,8H,3-5H2,1-2H3,(H,20,21). The van der Waals surface area contributed by atoms with E-state index in [9.17, 15) is 39.9 Å². The minimum atomic E-state index is -6.23. The number of halogens is 8. The summed E-state index contributed by atoms with van der Waals surface area (Å²) in [4.78, 5) is 11.2. The fraction of sp³-hybridized carbons (Fsp3) is 0.909. The summed E-state index contributed by atoms with van der Waals surface area (Å²) < 4.78 is 101. The molecule has 0 aromatic heterocycles. The number of rotatable bonds is 8. The van der Waals surface area contributed by atoms with Crippen molar-refractivity contribution in [3.63, 3.8) is 0 Å². The summed E-state index contributed by atoms with van der Waals surface area (Å²) in [5.41, 5.74) is 0. The lowest BCUT2D eigenvalue weighted by Gasteiger charge is -2.32. The number of hydrogen-bond acceptors (Lipinski definition) is 1. The Kier molecular flexibility index (Phi) is 6.43. The highest BCUT2D eigenvalue weighted by atomic mass is 19.4. The fourth-order valence-electron chi connectivity index (χ4n) is 1.24. The van der Waals surface area contributed by atoms with Crippen LogP contribution in [0.15, 0.2) is 0 Å². The average molecular weight is 329 g/mol. The highest BCUT2D eigenvalue weighted by molar-refractivity contribution is 5.78. The molecule has 0 heterocycles. The first-order chi connectivity index (χ1) is 9.31. The molecule has 0 bridgehead atoms. The summed E-state index contributed by atoms with van der Waals surface area (Å²) in [6.45, 7) is 2.01. The van der Waals surface area contributed by atoms with E-state index in [1.807, 2.05) is 5.32 Å². The molecule has 0 saturated carbocycles. The molecule has 0 rings (SSSR count). The van der Waals surface area contributed by atoms with Gasteiger partial charge in [-0.15, -0.1) is 0 Å². The van der Waals surface area contributed by atoms with Crippen LogP contribution in [0.25, 0.3) is 0 Å². The highest BCUT2D eigenvalue weighted by Gasteiger charge is 2.74. The van der Waals surface area contributed by atoms with Gasteiger partial charge in [0.1, 0.15) is 0 Å². The molecule has 1 amide bonds. The predicted molar refractivity (Wildman–Crippen MR) is 57.9 cm³/mol. The second-order valence-corrected chi connectivity index (χ2v) is 4.55. The van der Waals surface area contributed by atoms with Crippen LogP contribution in [-0.4, -0.2) is 36.6 Å². The second kappa shape index (κ2) is 6.78. The van der Waals surface area contributed by atoms with Crippen LogP contribution in [0, 0.1) is 5.92 Å². The molecule has 0 saturated heterocycles. The van der Waals surface area contributed by atoms with Gasteiger partial charge in [-0.2, -0.15) is 26.3 Å².